The molecule has 0 saturated heterocycles. The zero-order chi connectivity index (χ0) is 16.7. The second-order valence-electron chi connectivity index (χ2n) is 5.00. The summed E-state index contributed by atoms with van der Waals surface area (Å²) in [6, 6.07) is 1.82. The largest absolute Gasteiger partial charge is 0.452 e. The first kappa shape index (κ1) is 16.0. The van der Waals surface area contributed by atoms with Gasteiger partial charge >= 0.3 is 6.18 Å². The van der Waals surface area contributed by atoms with Gasteiger partial charge in [-0.3, -0.25) is 10.1 Å². The number of rotatable bonds is 2. The number of alkyl halides is 3. The smallest absolute Gasteiger partial charge is 0.425 e. The monoisotopic (exact) mass is 321 g/mol. The van der Waals surface area contributed by atoms with Crippen molar-refractivity contribution in [2.24, 2.45) is 10.7 Å². The average Bonchev–Trinajstić information content (AvgIpc) is 2.36. The fraction of sp³-hybridized carbons (Fsp3) is 0.417. The van der Waals surface area contributed by atoms with E-state index < -0.39 is 46.7 Å². The summed E-state index contributed by atoms with van der Waals surface area (Å²) < 4.78 is 56.9. The Labute approximate surface area is 121 Å². The molecule has 0 bridgehead atoms. The molecule has 120 valence electrons. The van der Waals surface area contributed by atoms with Crippen molar-refractivity contribution in [2.75, 3.05) is 0 Å². The Hall–Kier alpha value is -2.39. The fourth-order valence-corrected chi connectivity index (χ4v) is 2.26. The predicted molar refractivity (Wildman–Crippen MR) is 67.6 cm³/mol. The van der Waals surface area contributed by atoms with Crippen molar-refractivity contribution in [3.63, 3.8) is 0 Å². The first-order valence-electron chi connectivity index (χ1n) is 6.06. The van der Waals surface area contributed by atoms with Gasteiger partial charge in [-0.1, -0.05) is 0 Å². The topological polar surface area (TPSA) is 90.8 Å². The van der Waals surface area contributed by atoms with Crippen LogP contribution in [0.5, 0.6) is 0 Å². The van der Waals surface area contributed by atoms with Gasteiger partial charge in [-0.2, -0.15) is 13.2 Å². The average molecular weight is 321 g/mol. The molecule has 0 aromatic heterocycles. The van der Waals surface area contributed by atoms with Crippen molar-refractivity contribution in [2.45, 2.75) is 31.2 Å². The van der Waals surface area contributed by atoms with E-state index in [2.05, 4.69) is 9.73 Å². The normalized spacial score (nSPS) is 25.3. The number of nitrogens with zero attached hydrogens (tertiary/aromatic N) is 2. The van der Waals surface area contributed by atoms with Crippen LogP contribution in [0.15, 0.2) is 23.2 Å². The minimum Gasteiger partial charge on any atom is -0.452 e. The lowest BCUT2D eigenvalue weighted by Gasteiger charge is -2.35. The maximum Gasteiger partial charge on any atom is 0.425 e. The Bertz CT molecular complexity index is 647. The van der Waals surface area contributed by atoms with Crippen LogP contribution in [0.2, 0.25) is 0 Å². The lowest BCUT2D eigenvalue weighted by atomic mass is 9.85. The zero-order valence-electron chi connectivity index (χ0n) is 11.2. The van der Waals surface area contributed by atoms with Crippen LogP contribution < -0.4 is 5.73 Å². The van der Waals surface area contributed by atoms with Crippen LogP contribution in [0.4, 0.5) is 23.2 Å². The lowest BCUT2D eigenvalue weighted by Crippen LogP contribution is -2.46. The van der Waals surface area contributed by atoms with E-state index in [4.69, 9.17) is 5.73 Å². The number of aliphatic imine (C=N–C) groups is 1. The van der Waals surface area contributed by atoms with Gasteiger partial charge in [0, 0.05) is 24.1 Å². The Kier molecular flexibility index (Phi) is 3.71. The third-order valence-electron chi connectivity index (χ3n) is 3.31. The standard InChI is InChI=1S/C12H11F4N3O3/c1-11(5-9(12(14,15)16)22-10(17)18-11)7-4-6(19(20)21)2-3-8(7)13/h2-4,9H,5H2,1H3,(H2,17,18)/t9-,11-/m0/s1. The van der Waals surface area contributed by atoms with E-state index in [1.165, 1.54) is 6.92 Å². The highest BCUT2D eigenvalue weighted by Crippen LogP contribution is 2.41. The van der Waals surface area contributed by atoms with Gasteiger partial charge in [0.25, 0.3) is 11.7 Å². The van der Waals surface area contributed by atoms with Crippen molar-refractivity contribution >= 4 is 11.7 Å². The van der Waals surface area contributed by atoms with Gasteiger partial charge in [0.05, 0.1) is 10.5 Å². The molecule has 10 heteroatoms. The third-order valence-corrected chi connectivity index (χ3v) is 3.31. The summed E-state index contributed by atoms with van der Waals surface area (Å²) >= 11 is 0. The van der Waals surface area contributed by atoms with E-state index >= 15 is 0 Å². The van der Waals surface area contributed by atoms with Gasteiger partial charge in [0.1, 0.15) is 5.82 Å². The maximum atomic E-state index is 14.0. The fourth-order valence-electron chi connectivity index (χ4n) is 2.26. The van der Waals surface area contributed by atoms with Gasteiger partial charge < -0.3 is 10.5 Å². The first-order chi connectivity index (χ1) is 10.0. The number of nitro groups is 1. The highest BCUT2D eigenvalue weighted by Gasteiger charge is 2.50. The minimum atomic E-state index is -4.72. The molecule has 0 amide bonds. The zero-order valence-corrected chi connectivity index (χ0v) is 11.2. The summed E-state index contributed by atoms with van der Waals surface area (Å²) in [6.45, 7) is 1.21. The molecule has 1 heterocycles. The number of amidine groups is 1. The molecular formula is C12H11F4N3O3. The van der Waals surface area contributed by atoms with Crippen LogP contribution in [-0.2, 0) is 10.3 Å². The molecule has 22 heavy (non-hydrogen) atoms. The summed E-state index contributed by atoms with van der Waals surface area (Å²) in [7, 11) is 0. The van der Waals surface area contributed by atoms with Crippen molar-refractivity contribution in [1.82, 2.24) is 0 Å². The van der Waals surface area contributed by atoms with Gasteiger partial charge in [-0.05, 0) is 13.0 Å². The van der Waals surface area contributed by atoms with E-state index in [0.717, 1.165) is 18.2 Å². The van der Waals surface area contributed by atoms with Crippen LogP contribution in [0.1, 0.15) is 18.9 Å². The molecular weight excluding hydrogens is 310 g/mol. The highest BCUT2D eigenvalue weighted by molar-refractivity contribution is 5.73. The molecule has 0 radical (unpaired) electrons. The molecule has 6 nitrogen and oxygen atoms in total. The minimum absolute atomic E-state index is 0.345. The Morgan fingerprint density at radius 1 is 1.50 bits per heavy atom. The number of benzene rings is 1. The van der Waals surface area contributed by atoms with Gasteiger partial charge in [-0.25, -0.2) is 9.38 Å². The Balaban J connectivity index is 2.52. The molecule has 2 N–H and O–H groups in total. The number of nitro benzene ring substituents is 1. The van der Waals surface area contributed by atoms with Crippen molar-refractivity contribution in [1.29, 1.82) is 0 Å². The van der Waals surface area contributed by atoms with Crippen molar-refractivity contribution in [3.8, 4) is 0 Å². The highest BCUT2D eigenvalue weighted by atomic mass is 19.4. The predicted octanol–water partition coefficient (Wildman–Crippen LogP) is 2.61. The van der Waals surface area contributed by atoms with Gasteiger partial charge in [0.15, 0.2) is 6.10 Å². The summed E-state index contributed by atoms with van der Waals surface area (Å²) in [5.41, 5.74) is 2.73. The summed E-state index contributed by atoms with van der Waals surface area (Å²) in [6.07, 6.45) is -7.73. The molecule has 0 aliphatic carbocycles. The van der Waals surface area contributed by atoms with Gasteiger partial charge in [0.2, 0.25) is 0 Å². The molecule has 0 fully saturated rings. The molecule has 1 aromatic carbocycles. The van der Waals surface area contributed by atoms with E-state index in [9.17, 15) is 27.7 Å². The molecule has 0 saturated carbocycles. The second-order valence-corrected chi connectivity index (χ2v) is 5.00. The molecule has 0 unspecified atom stereocenters. The van der Waals surface area contributed by atoms with Gasteiger partial charge in [-0.15, -0.1) is 0 Å². The number of ether oxygens (including phenoxy) is 1. The van der Waals surface area contributed by atoms with Crippen LogP contribution in [0.25, 0.3) is 0 Å². The van der Waals surface area contributed by atoms with E-state index in [1.807, 2.05) is 0 Å². The lowest BCUT2D eigenvalue weighted by molar-refractivity contribution is -0.385. The number of hydrogen-bond acceptors (Lipinski definition) is 5. The molecule has 0 spiro atoms. The quantitative estimate of drug-likeness (QED) is 0.515. The molecule has 1 aliphatic rings. The van der Waals surface area contributed by atoms with Crippen LogP contribution in [-0.4, -0.2) is 23.2 Å². The maximum absolute atomic E-state index is 14.0. The number of halogens is 4. The summed E-state index contributed by atoms with van der Waals surface area (Å²) in [4.78, 5) is 13.7. The van der Waals surface area contributed by atoms with E-state index in [-0.39, 0.29) is 5.56 Å². The number of nitrogens with two attached hydrogens (primary N) is 1. The van der Waals surface area contributed by atoms with Crippen molar-refractivity contribution in [3.05, 3.63) is 39.7 Å². The van der Waals surface area contributed by atoms with Crippen LogP contribution in [0, 0.1) is 15.9 Å². The molecule has 2 atom stereocenters. The third kappa shape index (κ3) is 2.95. The van der Waals surface area contributed by atoms with Crippen LogP contribution >= 0.6 is 0 Å². The number of hydrogen-bond donors (Lipinski definition) is 1. The SMILES string of the molecule is C[C@@]1(c2cc([N+](=O)[O-])ccc2F)C[C@@H](C(F)(F)F)OC(N)=N1. The first-order valence-corrected chi connectivity index (χ1v) is 6.06. The Morgan fingerprint density at radius 2 is 2.14 bits per heavy atom. The Morgan fingerprint density at radius 3 is 2.68 bits per heavy atom. The summed E-state index contributed by atoms with van der Waals surface area (Å²) in [5.74, 6) is -0.910. The number of non-ortho nitro benzene ring substituents is 1. The van der Waals surface area contributed by atoms with Crippen molar-refractivity contribution < 1.29 is 27.2 Å². The van der Waals surface area contributed by atoms with E-state index in [0.29, 0.717) is 0 Å². The molecule has 1 aromatic rings. The second kappa shape index (κ2) is 5.11. The van der Waals surface area contributed by atoms with E-state index in [1.54, 1.807) is 0 Å². The van der Waals surface area contributed by atoms with Crippen LogP contribution in [0.3, 0.4) is 0 Å². The molecule has 1 aliphatic heterocycles. The summed E-state index contributed by atoms with van der Waals surface area (Å²) in [5, 5.41) is 10.8. The molecule has 2 rings (SSSR count).